The highest BCUT2D eigenvalue weighted by molar-refractivity contribution is 7.87. The lowest BCUT2D eigenvalue weighted by molar-refractivity contribution is -0.142. The third kappa shape index (κ3) is 4.17. The van der Waals surface area contributed by atoms with E-state index in [1.54, 1.807) is 0 Å². The van der Waals surface area contributed by atoms with Crippen LogP contribution in [0, 0.1) is 11.3 Å². The highest BCUT2D eigenvalue weighted by Crippen LogP contribution is 2.26. The van der Waals surface area contributed by atoms with Crippen LogP contribution in [0.2, 0.25) is 0 Å². The largest absolute Gasteiger partial charge is 0.480 e. The van der Waals surface area contributed by atoms with Crippen molar-refractivity contribution in [3.63, 3.8) is 0 Å². The van der Waals surface area contributed by atoms with E-state index in [1.165, 1.54) is 0 Å². The molecule has 20 heavy (non-hydrogen) atoms. The monoisotopic (exact) mass is 306 g/mol. The fourth-order valence-corrected chi connectivity index (χ4v) is 3.62. The van der Waals surface area contributed by atoms with Gasteiger partial charge >= 0.3 is 5.97 Å². The molecule has 6 nitrogen and oxygen atoms in total. The summed E-state index contributed by atoms with van der Waals surface area (Å²) in [6, 6.07) is -0.941. The van der Waals surface area contributed by atoms with Gasteiger partial charge in [-0.3, -0.25) is 4.79 Å². The zero-order chi connectivity index (χ0) is 15.6. The van der Waals surface area contributed by atoms with Crippen molar-refractivity contribution in [3.05, 3.63) is 0 Å². The van der Waals surface area contributed by atoms with Gasteiger partial charge in [0.2, 0.25) is 0 Å². The first-order valence-electron chi connectivity index (χ1n) is 7.07. The van der Waals surface area contributed by atoms with Gasteiger partial charge < -0.3 is 5.11 Å². The smallest absolute Gasteiger partial charge is 0.322 e. The van der Waals surface area contributed by atoms with Gasteiger partial charge in [0.15, 0.2) is 0 Å². The van der Waals surface area contributed by atoms with Crippen LogP contribution >= 0.6 is 0 Å². The second kappa shape index (κ2) is 6.41. The van der Waals surface area contributed by atoms with Crippen LogP contribution in [-0.2, 0) is 15.0 Å². The molecule has 2 N–H and O–H groups in total. The van der Waals surface area contributed by atoms with Crippen molar-refractivity contribution in [2.24, 2.45) is 11.3 Å². The molecule has 1 atom stereocenters. The fourth-order valence-electron chi connectivity index (χ4n) is 2.00. The van der Waals surface area contributed by atoms with Gasteiger partial charge in [-0.25, -0.2) is 4.72 Å². The molecule has 1 unspecified atom stereocenters. The van der Waals surface area contributed by atoms with Gasteiger partial charge in [0.05, 0.1) is 0 Å². The maximum Gasteiger partial charge on any atom is 0.322 e. The lowest BCUT2D eigenvalue weighted by Crippen LogP contribution is -2.53. The Kier molecular flexibility index (Phi) is 5.57. The quantitative estimate of drug-likeness (QED) is 0.777. The van der Waals surface area contributed by atoms with E-state index in [4.69, 9.17) is 5.11 Å². The predicted molar refractivity (Wildman–Crippen MR) is 77.5 cm³/mol. The predicted octanol–water partition coefficient (Wildman–Crippen LogP) is 1.44. The van der Waals surface area contributed by atoms with Crippen LogP contribution in [0.4, 0.5) is 0 Å². The molecule has 0 saturated carbocycles. The molecule has 1 aliphatic rings. The van der Waals surface area contributed by atoms with Gasteiger partial charge in [-0.15, -0.1) is 0 Å². The minimum atomic E-state index is -3.74. The Labute approximate surface area is 121 Å². The van der Waals surface area contributed by atoms with Gasteiger partial charge in [-0.05, 0) is 30.6 Å². The highest BCUT2D eigenvalue weighted by Gasteiger charge is 2.37. The van der Waals surface area contributed by atoms with Crippen LogP contribution in [0.25, 0.3) is 0 Å². The van der Waals surface area contributed by atoms with E-state index < -0.39 is 22.2 Å². The van der Waals surface area contributed by atoms with Crippen LogP contribution in [0.1, 0.15) is 47.0 Å². The average Bonchev–Trinajstić information content (AvgIpc) is 2.36. The number of rotatable bonds is 6. The Balaban J connectivity index is 2.79. The Bertz CT molecular complexity index is 445. The van der Waals surface area contributed by atoms with Gasteiger partial charge in [0, 0.05) is 13.1 Å². The Morgan fingerprint density at radius 2 is 2.00 bits per heavy atom. The Morgan fingerprint density at radius 3 is 2.50 bits per heavy atom. The van der Waals surface area contributed by atoms with E-state index in [1.807, 2.05) is 27.7 Å². The standard InChI is InChI=1S/C13H26N2O4S/c1-10(2)13(3,4)9-14-20(18,19)15-8-6-5-7-11(15)12(16)17/h10-11,14H,5-9H2,1-4H3,(H,16,17). The molecule has 1 saturated heterocycles. The van der Waals surface area contributed by atoms with Crippen LogP contribution in [0.15, 0.2) is 0 Å². The van der Waals surface area contributed by atoms with Crippen molar-refractivity contribution >= 4 is 16.2 Å². The molecule has 1 aliphatic heterocycles. The third-order valence-corrected chi connectivity index (χ3v) is 5.88. The molecule has 0 aromatic rings. The number of nitrogens with one attached hydrogen (secondary N) is 1. The van der Waals surface area contributed by atoms with Crippen molar-refractivity contribution in [1.29, 1.82) is 0 Å². The first kappa shape index (κ1) is 17.4. The molecule has 1 rings (SSSR count). The van der Waals surface area contributed by atoms with E-state index in [0.29, 0.717) is 25.3 Å². The molecular weight excluding hydrogens is 280 g/mol. The average molecular weight is 306 g/mol. The lowest BCUT2D eigenvalue weighted by Gasteiger charge is -2.34. The molecule has 1 heterocycles. The third-order valence-electron chi connectivity index (χ3n) is 4.32. The van der Waals surface area contributed by atoms with Crippen molar-refractivity contribution < 1.29 is 18.3 Å². The minimum Gasteiger partial charge on any atom is -0.480 e. The SMILES string of the molecule is CC(C)C(C)(C)CNS(=O)(=O)N1CCCCC1C(=O)O. The number of aliphatic carboxylic acids is 1. The number of carbonyl (C=O) groups is 1. The second-order valence-electron chi connectivity index (χ2n) is 6.43. The summed E-state index contributed by atoms with van der Waals surface area (Å²) in [5.74, 6) is -0.750. The van der Waals surface area contributed by atoms with Gasteiger partial charge in [0.1, 0.15) is 6.04 Å². The number of carboxylic acid groups (broad SMARTS) is 1. The topological polar surface area (TPSA) is 86.7 Å². The van der Waals surface area contributed by atoms with Gasteiger partial charge in [-0.1, -0.05) is 27.7 Å². The fraction of sp³-hybridized carbons (Fsp3) is 0.923. The van der Waals surface area contributed by atoms with Crippen molar-refractivity contribution in [1.82, 2.24) is 9.03 Å². The zero-order valence-corrected chi connectivity index (χ0v) is 13.5. The molecule has 0 aromatic carbocycles. The van der Waals surface area contributed by atoms with Gasteiger partial charge in [-0.2, -0.15) is 12.7 Å². The van der Waals surface area contributed by atoms with E-state index in [2.05, 4.69) is 4.72 Å². The van der Waals surface area contributed by atoms with Crippen molar-refractivity contribution in [2.45, 2.75) is 53.0 Å². The molecule has 0 spiro atoms. The molecule has 118 valence electrons. The molecule has 0 aliphatic carbocycles. The molecule has 0 aromatic heterocycles. The molecule has 1 fully saturated rings. The summed E-state index contributed by atoms with van der Waals surface area (Å²) in [5.41, 5.74) is -0.179. The first-order valence-corrected chi connectivity index (χ1v) is 8.51. The molecule has 0 bridgehead atoms. The van der Waals surface area contributed by atoms with Crippen LogP contribution < -0.4 is 4.72 Å². The highest BCUT2D eigenvalue weighted by atomic mass is 32.2. The normalized spacial score (nSPS) is 22.1. The maximum absolute atomic E-state index is 12.3. The number of carboxylic acids is 1. The second-order valence-corrected chi connectivity index (χ2v) is 8.14. The summed E-state index contributed by atoms with van der Waals surface area (Å²) in [6.45, 7) is 8.63. The van der Waals surface area contributed by atoms with Crippen molar-refractivity contribution in [3.8, 4) is 0 Å². The molecule has 7 heteroatoms. The van der Waals surface area contributed by atoms with Crippen LogP contribution in [-0.4, -0.2) is 42.9 Å². The summed E-state index contributed by atoms with van der Waals surface area (Å²) in [5, 5.41) is 9.15. The number of piperidine rings is 1. The van der Waals surface area contributed by atoms with Crippen molar-refractivity contribution in [2.75, 3.05) is 13.1 Å². The molecule has 0 radical (unpaired) electrons. The maximum atomic E-state index is 12.3. The summed E-state index contributed by atoms with van der Waals surface area (Å²) in [6.07, 6.45) is 1.84. The van der Waals surface area contributed by atoms with Crippen LogP contribution in [0.3, 0.4) is 0 Å². The Hall–Kier alpha value is -0.660. The lowest BCUT2D eigenvalue weighted by atomic mass is 9.81. The molecule has 0 amide bonds. The number of hydrogen-bond acceptors (Lipinski definition) is 3. The minimum absolute atomic E-state index is 0.179. The molecular formula is C13H26N2O4S. The van der Waals surface area contributed by atoms with E-state index in [9.17, 15) is 13.2 Å². The number of hydrogen-bond donors (Lipinski definition) is 2. The summed E-state index contributed by atoms with van der Waals surface area (Å²) in [7, 11) is -3.74. The zero-order valence-electron chi connectivity index (χ0n) is 12.7. The summed E-state index contributed by atoms with van der Waals surface area (Å²) < 4.78 is 28.3. The van der Waals surface area contributed by atoms with E-state index in [0.717, 1.165) is 10.7 Å². The number of nitrogens with zero attached hydrogens (tertiary/aromatic N) is 1. The van der Waals surface area contributed by atoms with Crippen LogP contribution in [0.5, 0.6) is 0 Å². The van der Waals surface area contributed by atoms with E-state index in [-0.39, 0.29) is 12.0 Å². The summed E-state index contributed by atoms with van der Waals surface area (Å²) >= 11 is 0. The summed E-state index contributed by atoms with van der Waals surface area (Å²) in [4.78, 5) is 11.2. The first-order chi connectivity index (χ1) is 9.08. The Morgan fingerprint density at radius 1 is 1.40 bits per heavy atom. The van der Waals surface area contributed by atoms with Gasteiger partial charge in [0.25, 0.3) is 10.2 Å². The van der Waals surface area contributed by atoms with E-state index >= 15 is 0 Å².